The second kappa shape index (κ2) is 6.00. The number of halogens is 4. The van der Waals surface area contributed by atoms with Gasteiger partial charge in [0.05, 0.1) is 11.6 Å². The van der Waals surface area contributed by atoms with E-state index in [-0.39, 0.29) is 5.56 Å². The molecule has 0 aliphatic heterocycles. The van der Waals surface area contributed by atoms with Gasteiger partial charge in [-0.3, -0.25) is 0 Å². The van der Waals surface area contributed by atoms with E-state index in [0.29, 0.717) is 6.54 Å². The SMILES string of the molecule is C=CC(NCCC)c1cccc(C(F)(F)F)c1F. The smallest absolute Gasteiger partial charge is 0.307 e. The van der Waals surface area contributed by atoms with Crippen LogP contribution in [-0.4, -0.2) is 6.54 Å². The quantitative estimate of drug-likeness (QED) is 0.622. The zero-order chi connectivity index (χ0) is 13.8. The highest BCUT2D eigenvalue weighted by atomic mass is 19.4. The first-order valence-electron chi connectivity index (χ1n) is 5.63. The predicted molar refractivity (Wildman–Crippen MR) is 62.6 cm³/mol. The molecular formula is C13H15F4N. The molecule has 0 heterocycles. The van der Waals surface area contributed by atoms with E-state index < -0.39 is 23.6 Å². The Morgan fingerprint density at radius 2 is 2.06 bits per heavy atom. The van der Waals surface area contributed by atoms with Gasteiger partial charge in [0.15, 0.2) is 0 Å². The first-order valence-corrected chi connectivity index (χ1v) is 5.63. The van der Waals surface area contributed by atoms with Crippen LogP contribution in [0.3, 0.4) is 0 Å². The third kappa shape index (κ3) is 3.32. The lowest BCUT2D eigenvalue weighted by atomic mass is 10.0. The van der Waals surface area contributed by atoms with Crippen LogP contribution >= 0.6 is 0 Å². The lowest BCUT2D eigenvalue weighted by Gasteiger charge is -2.18. The van der Waals surface area contributed by atoms with E-state index in [2.05, 4.69) is 11.9 Å². The van der Waals surface area contributed by atoms with Gasteiger partial charge in [0.2, 0.25) is 0 Å². The molecule has 0 saturated heterocycles. The van der Waals surface area contributed by atoms with Crippen molar-refractivity contribution in [3.63, 3.8) is 0 Å². The van der Waals surface area contributed by atoms with Crippen LogP contribution in [0.1, 0.15) is 30.5 Å². The van der Waals surface area contributed by atoms with Crippen LogP contribution in [0.15, 0.2) is 30.9 Å². The van der Waals surface area contributed by atoms with Gasteiger partial charge in [-0.25, -0.2) is 4.39 Å². The largest absolute Gasteiger partial charge is 0.419 e. The molecule has 5 heteroatoms. The van der Waals surface area contributed by atoms with E-state index >= 15 is 0 Å². The Labute approximate surface area is 104 Å². The molecule has 1 nitrogen and oxygen atoms in total. The Balaban J connectivity index is 3.12. The van der Waals surface area contributed by atoms with E-state index in [1.807, 2.05) is 6.92 Å². The zero-order valence-corrected chi connectivity index (χ0v) is 10.0. The van der Waals surface area contributed by atoms with Gasteiger partial charge in [-0.05, 0) is 19.0 Å². The normalized spacial score (nSPS) is 13.4. The molecule has 0 radical (unpaired) electrons. The van der Waals surface area contributed by atoms with Crippen molar-refractivity contribution in [2.24, 2.45) is 0 Å². The Morgan fingerprint density at radius 1 is 1.39 bits per heavy atom. The minimum Gasteiger partial charge on any atom is -0.307 e. The van der Waals surface area contributed by atoms with Crippen LogP contribution in [0, 0.1) is 5.82 Å². The lowest BCUT2D eigenvalue weighted by Crippen LogP contribution is -2.22. The fourth-order valence-corrected chi connectivity index (χ4v) is 1.63. The summed E-state index contributed by atoms with van der Waals surface area (Å²) < 4.78 is 51.5. The van der Waals surface area contributed by atoms with Crippen molar-refractivity contribution in [2.45, 2.75) is 25.6 Å². The Morgan fingerprint density at radius 3 is 2.56 bits per heavy atom. The Hall–Kier alpha value is -1.36. The van der Waals surface area contributed by atoms with Crippen molar-refractivity contribution in [2.75, 3.05) is 6.54 Å². The average Bonchev–Trinajstić information content (AvgIpc) is 2.30. The number of rotatable bonds is 5. The van der Waals surface area contributed by atoms with Crippen molar-refractivity contribution in [3.05, 3.63) is 47.8 Å². The second-order valence-corrected chi connectivity index (χ2v) is 3.87. The summed E-state index contributed by atoms with van der Waals surface area (Å²) in [7, 11) is 0. The summed E-state index contributed by atoms with van der Waals surface area (Å²) in [5.74, 6) is -1.24. The van der Waals surface area contributed by atoms with Gasteiger partial charge >= 0.3 is 6.18 Å². The van der Waals surface area contributed by atoms with Crippen LogP contribution in [0.25, 0.3) is 0 Å². The van der Waals surface area contributed by atoms with Crippen LogP contribution in [0.2, 0.25) is 0 Å². The molecule has 0 aliphatic rings. The van der Waals surface area contributed by atoms with Gasteiger partial charge in [0, 0.05) is 5.56 Å². The maximum atomic E-state index is 13.8. The molecule has 0 spiro atoms. The van der Waals surface area contributed by atoms with E-state index in [4.69, 9.17) is 0 Å². The standard InChI is InChI=1S/C13H15F4N/c1-3-8-18-11(4-2)9-6-5-7-10(12(9)14)13(15,16)17/h4-7,11,18H,2-3,8H2,1H3. The first-order chi connectivity index (χ1) is 8.41. The van der Waals surface area contributed by atoms with Crippen LogP contribution in [-0.2, 0) is 6.18 Å². The van der Waals surface area contributed by atoms with Crippen molar-refractivity contribution < 1.29 is 17.6 Å². The minimum atomic E-state index is -4.68. The summed E-state index contributed by atoms with van der Waals surface area (Å²) >= 11 is 0. The number of benzene rings is 1. The molecule has 18 heavy (non-hydrogen) atoms. The highest BCUT2D eigenvalue weighted by Gasteiger charge is 2.35. The predicted octanol–water partition coefficient (Wildman–Crippen LogP) is 4.07. The summed E-state index contributed by atoms with van der Waals surface area (Å²) in [5, 5.41) is 2.93. The fraction of sp³-hybridized carbons (Fsp3) is 0.385. The first kappa shape index (κ1) is 14.7. The molecule has 100 valence electrons. The summed E-state index contributed by atoms with van der Waals surface area (Å²) in [4.78, 5) is 0. The maximum absolute atomic E-state index is 13.8. The number of nitrogens with one attached hydrogen (secondary N) is 1. The van der Waals surface area contributed by atoms with Crippen molar-refractivity contribution >= 4 is 0 Å². The highest BCUT2D eigenvalue weighted by molar-refractivity contribution is 5.32. The summed E-state index contributed by atoms with van der Waals surface area (Å²) in [6, 6.07) is 2.65. The third-order valence-corrected chi connectivity index (χ3v) is 2.52. The molecule has 1 aromatic carbocycles. The average molecular weight is 261 g/mol. The van der Waals surface area contributed by atoms with E-state index in [1.54, 1.807) is 0 Å². The molecule has 1 N–H and O–H groups in total. The Bertz CT molecular complexity index is 412. The molecule has 1 atom stereocenters. The third-order valence-electron chi connectivity index (χ3n) is 2.52. The van der Waals surface area contributed by atoms with E-state index in [0.717, 1.165) is 12.5 Å². The molecule has 1 aromatic rings. The summed E-state index contributed by atoms with van der Waals surface area (Å²) in [5.41, 5.74) is -1.28. The van der Waals surface area contributed by atoms with Gasteiger partial charge in [-0.2, -0.15) is 13.2 Å². The van der Waals surface area contributed by atoms with Gasteiger partial charge < -0.3 is 5.32 Å². The summed E-state index contributed by atoms with van der Waals surface area (Å²) in [6.07, 6.45) is -2.49. The topological polar surface area (TPSA) is 12.0 Å². The summed E-state index contributed by atoms with van der Waals surface area (Å²) in [6.45, 7) is 6.00. The Kier molecular flexibility index (Phi) is 4.90. The van der Waals surface area contributed by atoms with Crippen molar-refractivity contribution in [1.82, 2.24) is 5.32 Å². The van der Waals surface area contributed by atoms with Gasteiger partial charge in [0.25, 0.3) is 0 Å². The van der Waals surface area contributed by atoms with E-state index in [1.165, 1.54) is 18.2 Å². The van der Waals surface area contributed by atoms with Crippen LogP contribution in [0.5, 0.6) is 0 Å². The number of hydrogen-bond acceptors (Lipinski definition) is 1. The monoisotopic (exact) mass is 261 g/mol. The van der Waals surface area contributed by atoms with Gasteiger partial charge in [-0.1, -0.05) is 25.1 Å². The minimum absolute atomic E-state index is 0.0340. The second-order valence-electron chi connectivity index (χ2n) is 3.87. The fourth-order valence-electron chi connectivity index (χ4n) is 1.63. The van der Waals surface area contributed by atoms with E-state index in [9.17, 15) is 17.6 Å². The van der Waals surface area contributed by atoms with Gasteiger partial charge in [-0.15, -0.1) is 6.58 Å². The highest BCUT2D eigenvalue weighted by Crippen LogP contribution is 2.34. The zero-order valence-electron chi connectivity index (χ0n) is 10.0. The molecule has 0 fully saturated rings. The van der Waals surface area contributed by atoms with Gasteiger partial charge in [0.1, 0.15) is 5.82 Å². The molecule has 1 unspecified atom stereocenters. The number of hydrogen-bond donors (Lipinski definition) is 1. The van der Waals surface area contributed by atoms with Crippen molar-refractivity contribution in [1.29, 1.82) is 0 Å². The molecule has 1 rings (SSSR count). The van der Waals surface area contributed by atoms with Crippen LogP contribution < -0.4 is 5.32 Å². The maximum Gasteiger partial charge on any atom is 0.419 e. The molecule has 0 bridgehead atoms. The molecule has 0 aliphatic carbocycles. The van der Waals surface area contributed by atoms with Crippen molar-refractivity contribution in [3.8, 4) is 0 Å². The molecular weight excluding hydrogens is 246 g/mol. The van der Waals surface area contributed by atoms with Crippen LogP contribution in [0.4, 0.5) is 17.6 Å². The number of alkyl halides is 3. The lowest BCUT2D eigenvalue weighted by molar-refractivity contribution is -0.140. The molecule has 0 aromatic heterocycles. The molecule has 0 amide bonds. The molecule has 0 saturated carbocycles.